The molecule has 0 aliphatic heterocycles. The maximum Gasteiger partial charge on any atom is 0.138 e. The predicted molar refractivity (Wildman–Crippen MR) is 59.5 cm³/mol. The average molecular weight is 264 g/mol. The van der Waals surface area contributed by atoms with E-state index < -0.39 is 0 Å². The van der Waals surface area contributed by atoms with Crippen molar-refractivity contribution in [2.24, 2.45) is 0 Å². The minimum absolute atomic E-state index is 0.266. The predicted octanol–water partition coefficient (Wildman–Crippen LogP) is 3.67. The SMILES string of the molecule is CC(C)Sc1cc(F)c(Br)cc1N. The number of halogens is 2. The lowest BCUT2D eigenvalue weighted by atomic mass is 10.3. The van der Waals surface area contributed by atoms with Crippen molar-refractivity contribution in [3.05, 3.63) is 22.4 Å². The fourth-order valence-electron chi connectivity index (χ4n) is 0.900. The molecule has 0 amide bonds. The van der Waals surface area contributed by atoms with Gasteiger partial charge in [-0.15, -0.1) is 11.8 Å². The molecule has 1 aromatic rings. The van der Waals surface area contributed by atoms with Gasteiger partial charge in [0, 0.05) is 15.8 Å². The summed E-state index contributed by atoms with van der Waals surface area (Å²) in [7, 11) is 0. The number of hydrogen-bond acceptors (Lipinski definition) is 2. The lowest BCUT2D eigenvalue weighted by molar-refractivity contribution is 0.618. The molecule has 0 spiro atoms. The molecule has 0 radical (unpaired) electrons. The lowest BCUT2D eigenvalue weighted by Crippen LogP contribution is -1.94. The molecule has 0 atom stereocenters. The lowest BCUT2D eigenvalue weighted by Gasteiger charge is -2.08. The summed E-state index contributed by atoms with van der Waals surface area (Å²) < 4.78 is 13.5. The van der Waals surface area contributed by atoms with Gasteiger partial charge >= 0.3 is 0 Å². The Kier molecular flexibility index (Phi) is 3.62. The van der Waals surface area contributed by atoms with Crippen LogP contribution in [0.3, 0.4) is 0 Å². The highest BCUT2D eigenvalue weighted by molar-refractivity contribution is 9.10. The van der Waals surface area contributed by atoms with E-state index in [0.717, 1.165) is 4.90 Å². The zero-order valence-corrected chi connectivity index (χ0v) is 9.88. The van der Waals surface area contributed by atoms with Crippen LogP contribution in [-0.4, -0.2) is 5.25 Å². The summed E-state index contributed by atoms with van der Waals surface area (Å²) in [6, 6.07) is 3.06. The smallest absolute Gasteiger partial charge is 0.138 e. The molecular formula is C9H11BrFNS. The highest BCUT2D eigenvalue weighted by Crippen LogP contribution is 2.32. The third kappa shape index (κ3) is 2.88. The Balaban J connectivity index is 3.01. The van der Waals surface area contributed by atoms with E-state index in [1.165, 1.54) is 6.07 Å². The van der Waals surface area contributed by atoms with Gasteiger partial charge in [0.15, 0.2) is 0 Å². The molecule has 72 valence electrons. The van der Waals surface area contributed by atoms with Gasteiger partial charge in [0.1, 0.15) is 5.82 Å². The van der Waals surface area contributed by atoms with Crippen molar-refractivity contribution in [2.75, 3.05) is 5.73 Å². The van der Waals surface area contributed by atoms with Gasteiger partial charge in [-0.3, -0.25) is 0 Å². The minimum Gasteiger partial charge on any atom is -0.398 e. The molecule has 0 aliphatic carbocycles. The average Bonchev–Trinajstić information content (AvgIpc) is 1.99. The Morgan fingerprint density at radius 1 is 1.46 bits per heavy atom. The second-order valence-corrected chi connectivity index (χ2v) is 5.44. The van der Waals surface area contributed by atoms with Gasteiger partial charge in [-0.2, -0.15) is 0 Å². The molecule has 0 aliphatic rings. The molecule has 1 rings (SSSR count). The monoisotopic (exact) mass is 263 g/mol. The molecule has 4 heteroatoms. The van der Waals surface area contributed by atoms with Gasteiger partial charge in [-0.1, -0.05) is 13.8 Å². The molecule has 13 heavy (non-hydrogen) atoms. The number of nitrogens with two attached hydrogens (primary N) is 1. The maximum atomic E-state index is 13.1. The van der Waals surface area contributed by atoms with Crippen LogP contribution in [0.15, 0.2) is 21.5 Å². The van der Waals surface area contributed by atoms with E-state index in [4.69, 9.17) is 5.73 Å². The first kappa shape index (κ1) is 10.9. The zero-order valence-electron chi connectivity index (χ0n) is 7.47. The topological polar surface area (TPSA) is 26.0 Å². The van der Waals surface area contributed by atoms with Crippen molar-refractivity contribution in [3.63, 3.8) is 0 Å². The molecule has 0 unspecified atom stereocenters. The van der Waals surface area contributed by atoms with E-state index in [0.29, 0.717) is 15.4 Å². The maximum absolute atomic E-state index is 13.1. The molecule has 1 nitrogen and oxygen atoms in total. The molecule has 1 aromatic carbocycles. The summed E-state index contributed by atoms with van der Waals surface area (Å²) in [5, 5.41) is 0.405. The molecule has 0 heterocycles. The first-order valence-electron chi connectivity index (χ1n) is 3.92. The van der Waals surface area contributed by atoms with E-state index in [2.05, 4.69) is 15.9 Å². The number of nitrogen functional groups attached to an aromatic ring is 1. The third-order valence-electron chi connectivity index (χ3n) is 1.42. The quantitative estimate of drug-likeness (QED) is 0.651. The first-order chi connectivity index (χ1) is 6.00. The number of rotatable bonds is 2. The van der Waals surface area contributed by atoms with Crippen LogP contribution in [0, 0.1) is 5.82 Å². The number of thioether (sulfide) groups is 1. The Bertz CT molecular complexity index is 315. The van der Waals surface area contributed by atoms with E-state index >= 15 is 0 Å². The van der Waals surface area contributed by atoms with Crippen molar-refractivity contribution in [2.45, 2.75) is 24.0 Å². The van der Waals surface area contributed by atoms with Crippen molar-refractivity contribution >= 4 is 33.4 Å². The third-order valence-corrected chi connectivity index (χ3v) is 3.10. The van der Waals surface area contributed by atoms with Crippen LogP contribution in [-0.2, 0) is 0 Å². The van der Waals surface area contributed by atoms with Crippen LogP contribution in [0.1, 0.15) is 13.8 Å². The van der Waals surface area contributed by atoms with E-state index in [-0.39, 0.29) is 5.82 Å². The van der Waals surface area contributed by atoms with Crippen molar-refractivity contribution < 1.29 is 4.39 Å². The molecule has 0 saturated heterocycles. The Hall–Kier alpha value is -0.220. The number of hydrogen-bond donors (Lipinski definition) is 1. The van der Waals surface area contributed by atoms with Gasteiger partial charge in [0.05, 0.1) is 4.47 Å². The summed E-state index contributed by atoms with van der Waals surface area (Å²) in [5.74, 6) is -0.266. The summed E-state index contributed by atoms with van der Waals surface area (Å²) >= 11 is 4.64. The summed E-state index contributed by atoms with van der Waals surface area (Å²) in [4.78, 5) is 0.802. The van der Waals surface area contributed by atoms with Crippen molar-refractivity contribution in [3.8, 4) is 0 Å². The van der Waals surface area contributed by atoms with Gasteiger partial charge in [-0.25, -0.2) is 4.39 Å². The second kappa shape index (κ2) is 4.33. The van der Waals surface area contributed by atoms with Crippen molar-refractivity contribution in [1.82, 2.24) is 0 Å². The molecule has 0 fully saturated rings. The fraction of sp³-hybridized carbons (Fsp3) is 0.333. The number of benzene rings is 1. The molecular weight excluding hydrogens is 253 g/mol. The Morgan fingerprint density at radius 2 is 2.08 bits per heavy atom. The van der Waals surface area contributed by atoms with Gasteiger partial charge in [-0.05, 0) is 28.1 Å². The standard InChI is InChI=1S/C9H11BrFNS/c1-5(2)13-9-4-7(11)6(10)3-8(9)12/h3-5H,12H2,1-2H3. The minimum atomic E-state index is -0.266. The fourth-order valence-corrected chi connectivity index (χ4v) is 2.14. The Labute approximate surface area is 90.0 Å². The van der Waals surface area contributed by atoms with Gasteiger partial charge < -0.3 is 5.73 Å². The van der Waals surface area contributed by atoms with Crippen molar-refractivity contribution in [1.29, 1.82) is 0 Å². The zero-order chi connectivity index (χ0) is 10.0. The molecule has 0 saturated carbocycles. The van der Waals surface area contributed by atoms with Gasteiger partial charge in [0.25, 0.3) is 0 Å². The van der Waals surface area contributed by atoms with E-state index in [9.17, 15) is 4.39 Å². The molecule has 0 bridgehead atoms. The van der Waals surface area contributed by atoms with Crippen LogP contribution < -0.4 is 5.73 Å². The van der Waals surface area contributed by atoms with Crippen LogP contribution in [0.25, 0.3) is 0 Å². The highest BCUT2D eigenvalue weighted by Gasteiger charge is 2.07. The normalized spacial score (nSPS) is 10.8. The molecule has 2 N–H and O–H groups in total. The Morgan fingerprint density at radius 3 is 2.62 bits per heavy atom. The summed E-state index contributed by atoms with van der Waals surface area (Å²) in [6.07, 6.45) is 0. The van der Waals surface area contributed by atoms with Crippen LogP contribution >= 0.6 is 27.7 Å². The first-order valence-corrected chi connectivity index (χ1v) is 5.59. The van der Waals surface area contributed by atoms with E-state index in [1.54, 1.807) is 17.8 Å². The largest absolute Gasteiger partial charge is 0.398 e. The van der Waals surface area contributed by atoms with Crippen LogP contribution in [0.2, 0.25) is 0 Å². The van der Waals surface area contributed by atoms with E-state index in [1.807, 2.05) is 13.8 Å². The number of anilines is 1. The summed E-state index contributed by atoms with van der Waals surface area (Å²) in [6.45, 7) is 4.09. The highest BCUT2D eigenvalue weighted by atomic mass is 79.9. The van der Waals surface area contributed by atoms with Crippen LogP contribution in [0.4, 0.5) is 10.1 Å². The second-order valence-electron chi connectivity index (χ2n) is 2.97. The van der Waals surface area contributed by atoms with Crippen LogP contribution in [0.5, 0.6) is 0 Å². The summed E-state index contributed by atoms with van der Waals surface area (Å²) in [5.41, 5.74) is 6.34. The molecule has 0 aromatic heterocycles. The van der Waals surface area contributed by atoms with Gasteiger partial charge in [0.2, 0.25) is 0 Å².